The Morgan fingerprint density at radius 2 is 1.80 bits per heavy atom. The molecule has 2 aromatic carbocycles. The Morgan fingerprint density at radius 1 is 1.12 bits per heavy atom. The zero-order chi connectivity index (χ0) is 18.2. The highest BCUT2D eigenvalue weighted by atomic mass is 32.2. The Labute approximate surface area is 143 Å². The first-order valence-electron chi connectivity index (χ1n) is 7.27. The molecule has 1 aliphatic rings. The summed E-state index contributed by atoms with van der Waals surface area (Å²) in [5.74, 6) is -1.99. The first-order valence-corrected chi connectivity index (χ1v) is 8.76. The average molecular weight is 368 g/mol. The molecule has 0 unspecified atom stereocenters. The van der Waals surface area contributed by atoms with Crippen molar-refractivity contribution in [3.8, 4) is 5.75 Å². The monoisotopic (exact) mass is 368 g/mol. The van der Waals surface area contributed by atoms with Gasteiger partial charge in [0.1, 0.15) is 24.0 Å². The number of nitrogens with one attached hydrogen (secondary N) is 1. The number of carbonyl (C=O) groups is 1. The van der Waals surface area contributed by atoms with E-state index in [1.807, 2.05) is 0 Å². The van der Waals surface area contributed by atoms with E-state index in [0.29, 0.717) is 37.1 Å². The van der Waals surface area contributed by atoms with Gasteiger partial charge in [-0.1, -0.05) is 0 Å². The number of carbonyl (C=O) groups excluding carboxylic acids is 1. The van der Waals surface area contributed by atoms with Crippen LogP contribution in [0.2, 0.25) is 0 Å². The van der Waals surface area contributed by atoms with Crippen molar-refractivity contribution < 1.29 is 26.7 Å². The second-order valence-electron chi connectivity index (χ2n) is 5.50. The lowest BCUT2D eigenvalue weighted by atomic mass is 10.1. The van der Waals surface area contributed by atoms with Gasteiger partial charge in [-0.2, -0.15) is 0 Å². The highest BCUT2D eigenvalue weighted by molar-refractivity contribution is 7.92. The van der Waals surface area contributed by atoms with Crippen molar-refractivity contribution in [1.29, 1.82) is 0 Å². The van der Waals surface area contributed by atoms with E-state index in [1.54, 1.807) is 7.05 Å². The maximum Gasteiger partial charge on any atom is 0.262 e. The summed E-state index contributed by atoms with van der Waals surface area (Å²) in [5.41, 5.74) is 0.279. The fraction of sp³-hybridized carbons (Fsp3) is 0.188. The quantitative estimate of drug-likeness (QED) is 0.902. The van der Waals surface area contributed by atoms with E-state index in [2.05, 4.69) is 4.72 Å². The van der Waals surface area contributed by atoms with Crippen LogP contribution in [0.15, 0.2) is 41.3 Å². The molecule has 1 heterocycles. The van der Waals surface area contributed by atoms with Gasteiger partial charge in [0.25, 0.3) is 15.9 Å². The minimum atomic E-state index is -4.22. The Bertz CT molecular complexity index is 927. The van der Waals surface area contributed by atoms with Crippen molar-refractivity contribution in [3.05, 3.63) is 53.6 Å². The number of hydrogen-bond donors (Lipinski definition) is 1. The van der Waals surface area contributed by atoms with Crippen molar-refractivity contribution >= 4 is 21.6 Å². The van der Waals surface area contributed by atoms with Gasteiger partial charge in [0.2, 0.25) is 0 Å². The first-order chi connectivity index (χ1) is 11.8. The van der Waals surface area contributed by atoms with E-state index in [0.717, 1.165) is 0 Å². The minimum absolute atomic E-state index is 0.0793. The standard InChI is InChI=1S/C16H14F2N2O4S/c1-20-4-5-24-15-3-2-12(9-14(15)16(20)21)19-25(22,23)13-7-10(17)6-11(18)8-13/h2-3,6-9,19H,4-5H2,1H3. The number of hydrogen-bond acceptors (Lipinski definition) is 4. The molecule has 0 saturated carbocycles. The van der Waals surface area contributed by atoms with Crippen LogP contribution in [0.1, 0.15) is 10.4 Å². The predicted molar refractivity (Wildman–Crippen MR) is 86.1 cm³/mol. The van der Waals surface area contributed by atoms with Crippen LogP contribution in [0.25, 0.3) is 0 Å². The number of rotatable bonds is 3. The third kappa shape index (κ3) is 3.55. The van der Waals surface area contributed by atoms with Crippen molar-refractivity contribution in [2.45, 2.75) is 4.90 Å². The molecule has 0 fully saturated rings. The Balaban J connectivity index is 1.95. The van der Waals surface area contributed by atoms with Gasteiger partial charge in [-0.3, -0.25) is 9.52 Å². The lowest BCUT2D eigenvalue weighted by Gasteiger charge is -2.14. The minimum Gasteiger partial charge on any atom is -0.491 e. The van der Waals surface area contributed by atoms with Crippen LogP contribution in [-0.2, 0) is 10.0 Å². The normalized spacial score (nSPS) is 14.5. The van der Waals surface area contributed by atoms with Crippen LogP contribution in [0.3, 0.4) is 0 Å². The topological polar surface area (TPSA) is 75.7 Å². The number of fused-ring (bicyclic) bond motifs is 1. The molecule has 9 heteroatoms. The molecule has 1 N–H and O–H groups in total. The molecule has 1 aliphatic heterocycles. The van der Waals surface area contributed by atoms with Gasteiger partial charge in [-0.05, 0) is 30.3 Å². The number of likely N-dealkylation sites (N-methyl/N-ethyl adjacent to an activating group) is 1. The molecule has 0 aromatic heterocycles. The summed E-state index contributed by atoms with van der Waals surface area (Å²) < 4.78 is 58.8. The number of halogens is 2. The van der Waals surface area contributed by atoms with E-state index in [9.17, 15) is 22.0 Å². The molecule has 25 heavy (non-hydrogen) atoms. The fourth-order valence-corrected chi connectivity index (χ4v) is 3.47. The van der Waals surface area contributed by atoms with Crippen LogP contribution in [-0.4, -0.2) is 39.4 Å². The molecule has 0 radical (unpaired) electrons. The van der Waals surface area contributed by atoms with E-state index in [4.69, 9.17) is 4.74 Å². The van der Waals surface area contributed by atoms with Crippen molar-refractivity contribution in [3.63, 3.8) is 0 Å². The molecule has 6 nitrogen and oxygen atoms in total. The number of benzene rings is 2. The Hall–Kier alpha value is -2.68. The van der Waals surface area contributed by atoms with Crippen LogP contribution < -0.4 is 9.46 Å². The third-order valence-corrected chi connectivity index (χ3v) is 5.00. The van der Waals surface area contributed by atoms with Gasteiger partial charge in [0.05, 0.1) is 17.0 Å². The number of sulfonamides is 1. The van der Waals surface area contributed by atoms with E-state index in [1.165, 1.54) is 23.1 Å². The molecule has 3 rings (SSSR count). The number of ether oxygens (including phenoxy) is 1. The lowest BCUT2D eigenvalue weighted by Crippen LogP contribution is -2.27. The third-order valence-electron chi connectivity index (χ3n) is 3.64. The Kier molecular flexibility index (Phi) is 4.34. The van der Waals surface area contributed by atoms with Crippen LogP contribution in [0.4, 0.5) is 14.5 Å². The fourth-order valence-electron chi connectivity index (χ4n) is 2.38. The zero-order valence-corrected chi connectivity index (χ0v) is 13.9. The van der Waals surface area contributed by atoms with Crippen LogP contribution in [0, 0.1) is 11.6 Å². The summed E-state index contributed by atoms with van der Waals surface area (Å²) in [6.45, 7) is 0.722. The van der Waals surface area contributed by atoms with Gasteiger partial charge < -0.3 is 9.64 Å². The van der Waals surface area contributed by atoms with Crippen molar-refractivity contribution in [2.75, 3.05) is 24.9 Å². The largest absolute Gasteiger partial charge is 0.491 e. The van der Waals surface area contributed by atoms with E-state index >= 15 is 0 Å². The molecule has 0 spiro atoms. The van der Waals surface area contributed by atoms with Crippen molar-refractivity contribution in [1.82, 2.24) is 4.90 Å². The summed E-state index contributed by atoms with van der Waals surface area (Å²) >= 11 is 0. The SMILES string of the molecule is CN1CCOc2ccc(NS(=O)(=O)c3cc(F)cc(F)c3)cc2C1=O. The number of nitrogens with zero attached hydrogens (tertiary/aromatic N) is 1. The van der Waals surface area contributed by atoms with Crippen molar-refractivity contribution in [2.24, 2.45) is 0 Å². The molecular formula is C16H14F2N2O4S. The van der Waals surface area contributed by atoms with E-state index in [-0.39, 0.29) is 17.2 Å². The molecule has 0 bridgehead atoms. The first kappa shape index (κ1) is 17.2. The highest BCUT2D eigenvalue weighted by Gasteiger charge is 2.23. The molecule has 1 amide bonds. The number of amides is 1. The molecular weight excluding hydrogens is 354 g/mol. The predicted octanol–water partition coefficient (Wildman–Crippen LogP) is 2.23. The molecule has 132 valence electrons. The summed E-state index contributed by atoms with van der Waals surface area (Å²) in [6.07, 6.45) is 0. The lowest BCUT2D eigenvalue weighted by molar-refractivity contribution is 0.0796. The second kappa shape index (κ2) is 6.32. The smallest absolute Gasteiger partial charge is 0.262 e. The van der Waals surface area contributed by atoms with Gasteiger partial charge in [0.15, 0.2) is 0 Å². The summed E-state index contributed by atoms with van der Waals surface area (Å²) in [6, 6.07) is 6.19. The van der Waals surface area contributed by atoms with Gasteiger partial charge in [-0.25, -0.2) is 17.2 Å². The van der Waals surface area contributed by atoms with Gasteiger partial charge in [-0.15, -0.1) is 0 Å². The highest BCUT2D eigenvalue weighted by Crippen LogP contribution is 2.27. The number of anilines is 1. The van der Waals surface area contributed by atoms with Gasteiger partial charge >= 0.3 is 0 Å². The molecule has 0 atom stereocenters. The maximum absolute atomic E-state index is 13.3. The molecule has 2 aromatic rings. The van der Waals surface area contributed by atoms with Crippen LogP contribution in [0.5, 0.6) is 5.75 Å². The summed E-state index contributed by atoms with van der Waals surface area (Å²) in [4.78, 5) is 13.2. The summed E-state index contributed by atoms with van der Waals surface area (Å²) in [7, 11) is -2.62. The second-order valence-corrected chi connectivity index (χ2v) is 7.18. The average Bonchev–Trinajstić information content (AvgIpc) is 2.66. The summed E-state index contributed by atoms with van der Waals surface area (Å²) in [5, 5.41) is 0. The van der Waals surface area contributed by atoms with E-state index < -0.39 is 26.6 Å². The van der Waals surface area contributed by atoms with Gasteiger partial charge in [0, 0.05) is 18.8 Å². The Morgan fingerprint density at radius 3 is 2.48 bits per heavy atom. The molecule has 0 saturated heterocycles. The zero-order valence-electron chi connectivity index (χ0n) is 13.1. The molecule has 0 aliphatic carbocycles. The maximum atomic E-state index is 13.3. The van der Waals surface area contributed by atoms with Crippen LogP contribution >= 0.6 is 0 Å².